The van der Waals surface area contributed by atoms with Crippen LogP contribution < -0.4 is 5.73 Å². The van der Waals surface area contributed by atoms with E-state index in [2.05, 4.69) is 15.2 Å². The lowest BCUT2D eigenvalue weighted by atomic mass is 10.00. The van der Waals surface area contributed by atoms with Crippen molar-refractivity contribution >= 4 is 0 Å². The first-order valence-electron chi connectivity index (χ1n) is 4.77. The Kier molecular flexibility index (Phi) is 2.84. The average molecular weight is 242 g/mol. The number of benzene rings is 1. The molecule has 1 aromatic heterocycles. The smallest absolute Gasteiger partial charge is 0.318 e. The molecule has 0 bridgehead atoms. The number of halogens is 3. The van der Waals surface area contributed by atoms with Crippen LogP contribution in [0.2, 0.25) is 0 Å². The zero-order valence-corrected chi connectivity index (χ0v) is 8.57. The first-order valence-corrected chi connectivity index (χ1v) is 4.77. The zero-order valence-electron chi connectivity index (χ0n) is 8.57. The fourth-order valence-electron chi connectivity index (χ4n) is 1.54. The molecule has 7 heteroatoms. The molecule has 1 heterocycles. The van der Waals surface area contributed by atoms with Crippen LogP contribution in [0.1, 0.15) is 23.0 Å². The highest BCUT2D eigenvalue weighted by atomic mass is 19.4. The number of aromatic nitrogens is 3. The van der Waals surface area contributed by atoms with E-state index in [0.717, 1.165) is 6.07 Å². The number of nitrogens with two attached hydrogens (primary N) is 1. The first-order chi connectivity index (χ1) is 8.00. The van der Waals surface area contributed by atoms with Crippen LogP contribution in [0.3, 0.4) is 0 Å². The number of aromatic amines is 1. The Morgan fingerprint density at radius 3 is 2.53 bits per heavy atom. The van der Waals surface area contributed by atoms with Crippen LogP contribution in [0.5, 0.6) is 0 Å². The summed E-state index contributed by atoms with van der Waals surface area (Å²) in [6.07, 6.45) is -3.24. The molecule has 0 radical (unpaired) electrons. The van der Waals surface area contributed by atoms with Crippen LogP contribution in [0.4, 0.5) is 13.2 Å². The van der Waals surface area contributed by atoms with Crippen molar-refractivity contribution in [3.05, 3.63) is 47.5 Å². The van der Waals surface area contributed by atoms with Gasteiger partial charge in [0.25, 0.3) is 0 Å². The SMILES string of the molecule is NC(c1ncn[nH]1)c1ccccc1C(F)(F)F. The minimum Gasteiger partial charge on any atom is -0.318 e. The standard InChI is InChI=1S/C10H9F3N4/c11-10(12,13)7-4-2-1-3-6(7)8(14)9-15-5-16-17-9/h1-5,8H,14H2,(H,15,16,17). The Hall–Kier alpha value is -1.89. The summed E-state index contributed by atoms with van der Waals surface area (Å²) in [6.45, 7) is 0. The van der Waals surface area contributed by atoms with E-state index in [1.54, 1.807) is 0 Å². The van der Waals surface area contributed by atoms with Crippen LogP contribution >= 0.6 is 0 Å². The molecule has 3 N–H and O–H groups in total. The van der Waals surface area contributed by atoms with Gasteiger partial charge in [0, 0.05) is 0 Å². The van der Waals surface area contributed by atoms with Gasteiger partial charge in [0.2, 0.25) is 0 Å². The maximum absolute atomic E-state index is 12.7. The number of rotatable bonds is 2. The van der Waals surface area contributed by atoms with Gasteiger partial charge in [-0.1, -0.05) is 18.2 Å². The van der Waals surface area contributed by atoms with Crippen molar-refractivity contribution in [3.8, 4) is 0 Å². The quantitative estimate of drug-likeness (QED) is 0.844. The number of nitrogens with one attached hydrogen (secondary N) is 1. The molecule has 4 nitrogen and oxygen atoms in total. The van der Waals surface area contributed by atoms with Crippen LogP contribution in [-0.4, -0.2) is 15.2 Å². The molecule has 90 valence electrons. The second-order valence-electron chi connectivity index (χ2n) is 3.43. The van der Waals surface area contributed by atoms with Gasteiger partial charge >= 0.3 is 6.18 Å². The van der Waals surface area contributed by atoms with Crippen molar-refractivity contribution < 1.29 is 13.2 Å². The third kappa shape index (κ3) is 2.28. The molecule has 1 atom stereocenters. The molecule has 0 aliphatic rings. The number of nitrogens with zero attached hydrogens (tertiary/aromatic N) is 2. The molecule has 1 unspecified atom stereocenters. The summed E-state index contributed by atoms with van der Waals surface area (Å²) in [5.41, 5.74) is 4.93. The van der Waals surface area contributed by atoms with Gasteiger partial charge < -0.3 is 5.73 Å². The molecule has 0 fully saturated rings. The van der Waals surface area contributed by atoms with Crippen LogP contribution in [-0.2, 0) is 6.18 Å². The Bertz CT molecular complexity index is 493. The molecule has 0 saturated heterocycles. The van der Waals surface area contributed by atoms with Crippen LogP contribution in [0.15, 0.2) is 30.6 Å². The summed E-state index contributed by atoms with van der Waals surface area (Å²) in [7, 11) is 0. The van der Waals surface area contributed by atoms with Crippen molar-refractivity contribution in [2.24, 2.45) is 5.73 Å². The molecule has 1 aromatic carbocycles. The lowest BCUT2D eigenvalue weighted by Crippen LogP contribution is -2.19. The van der Waals surface area contributed by atoms with Gasteiger partial charge in [-0.2, -0.15) is 18.3 Å². The summed E-state index contributed by atoms with van der Waals surface area (Å²) in [5, 5.41) is 6.02. The lowest BCUT2D eigenvalue weighted by molar-refractivity contribution is -0.138. The van der Waals surface area contributed by atoms with E-state index in [4.69, 9.17) is 5.73 Å². The van der Waals surface area contributed by atoms with Crippen molar-refractivity contribution in [2.75, 3.05) is 0 Å². The summed E-state index contributed by atoms with van der Waals surface area (Å²) >= 11 is 0. The molecule has 0 spiro atoms. The molecular formula is C10H9F3N4. The molecule has 2 aromatic rings. The van der Waals surface area contributed by atoms with Crippen molar-refractivity contribution in [1.29, 1.82) is 0 Å². The topological polar surface area (TPSA) is 67.6 Å². The molecule has 2 rings (SSSR count). The molecule has 0 amide bonds. The lowest BCUT2D eigenvalue weighted by Gasteiger charge is -2.16. The van der Waals surface area contributed by atoms with Crippen molar-refractivity contribution in [2.45, 2.75) is 12.2 Å². The Morgan fingerprint density at radius 1 is 1.24 bits per heavy atom. The van der Waals surface area contributed by atoms with Gasteiger partial charge in [0.1, 0.15) is 12.2 Å². The maximum atomic E-state index is 12.7. The van der Waals surface area contributed by atoms with Crippen LogP contribution in [0, 0.1) is 0 Å². The highest BCUT2D eigenvalue weighted by molar-refractivity contribution is 5.34. The summed E-state index contributed by atoms with van der Waals surface area (Å²) < 4.78 is 38.2. The van der Waals surface area contributed by atoms with Crippen molar-refractivity contribution in [3.63, 3.8) is 0 Å². The minimum atomic E-state index is -4.44. The van der Waals surface area contributed by atoms with Gasteiger partial charge in [-0.05, 0) is 11.6 Å². The second kappa shape index (κ2) is 4.17. The molecule has 17 heavy (non-hydrogen) atoms. The third-order valence-corrected chi connectivity index (χ3v) is 2.33. The van der Waals surface area contributed by atoms with Crippen molar-refractivity contribution in [1.82, 2.24) is 15.2 Å². The zero-order chi connectivity index (χ0) is 12.5. The van der Waals surface area contributed by atoms with E-state index in [1.165, 1.54) is 24.5 Å². The highest BCUT2D eigenvalue weighted by Gasteiger charge is 2.34. The third-order valence-electron chi connectivity index (χ3n) is 2.33. The van der Waals surface area contributed by atoms with Gasteiger partial charge in [-0.25, -0.2) is 4.98 Å². The summed E-state index contributed by atoms with van der Waals surface area (Å²) in [5.74, 6) is 0.196. The van der Waals surface area contributed by atoms with E-state index < -0.39 is 17.8 Å². The number of hydrogen-bond donors (Lipinski definition) is 2. The van der Waals surface area contributed by atoms with Gasteiger partial charge in [-0.15, -0.1) is 0 Å². The molecule has 0 aliphatic heterocycles. The maximum Gasteiger partial charge on any atom is 0.416 e. The van der Waals surface area contributed by atoms with E-state index in [0.29, 0.717) is 0 Å². The van der Waals surface area contributed by atoms with E-state index in [9.17, 15) is 13.2 Å². The molecule has 0 aliphatic carbocycles. The largest absolute Gasteiger partial charge is 0.416 e. The Labute approximate surface area is 94.7 Å². The fraction of sp³-hybridized carbons (Fsp3) is 0.200. The number of H-pyrrole nitrogens is 1. The van der Waals surface area contributed by atoms with E-state index >= 15 is 0 Å². The summed E-state index contributed by atoms with van der Waals surface area (Å²) in [6, 6.07) is 4.16. The predicted molar refractivity (Wildman–Crippen MR) is 53.9 cm³/mol. The second-order valence-corrected chi connectivity index (χ2v) is 3.43. The van der Waals surface area contributed by atoms with Gasteiger partial charge in [-0.3, -0.25) is 5.10 Å². The van der Waals surface area contributed by atoms with E-state index in [-0.39, 0.29) is 11.4 Å². The summed E-state index contributed by atoms with van der Waals surface area (Å²) in [4.78, 5) is 3.76. The normalized spacial score (nSPS) is 13.6. The van der Waals surface area contributed by atoms with Gasteiger partial charge in [0.15, 0.2) is 0 Å². The molecular weight excluding hydrogens is 233 g/mol. The van der Waals surface area contributed by atoms with Crippen LogP contribution in [0.25, 0.3) is 0 Å². The van der Waals surface area contributed by atoms with Gasteiger partial charge in [0.05, 0.1) is 11.6 Å². The van der Waals surface area contributed by atoms with E-state index in [1.807, 2.05) is 0 Å². The number of hydrogen-bond acceptors (Lipinski definition) is 3. The monoisotopic (exact) mass is 242 g/mol. The Balaban J connectivity index is 2.46. The fourth-order valence-corrected chi connectivity index (χ4v) is 1.54. The minimum absolute atomic E-state index is 0.0308. The highest BCUT2D eigenvalue weighted by Crippen LogP contribution is 2.34. The predicted octanol–water partition coefficient (Wildman–Crippen LogP) is 1.87. The first kappa shape index (κ1) is 11.6. The Morgan fingerprint density at radius 2 is 1.94 bits per heavy atom. The molecule has 0 saturated carbocycles. The number of alkyl halides is 3. The average Bonchev–Trinajstić information content (AvgIpc) is 2.80.